The number of aryl methyl sites for hydroxylation is 1. The van der Waals surface area contributed by atoms with E-state index in [1.54, 1.807) is 31.2 Å². The third kappa shape index (κ3) is 3.33. The summed E-state index contributed by atoms with van der Waals surface area (Å²) in [4.78, 5) is 0. The molecule has 0 radical (unpaired) electrons. The molecule has 0 bridgehead atoms. The molecule has 1 N–H and O–H groups in total. The number of aromatic nitrogens is 1. The SMILES string of the molecule is Cc1cc(NS(=O)(=O)Cc2ccccc2C#N)no1. The maximum absolute atomic E-state index is 11.9. The molecule has 0 saturated carbocycles. The third-order valence-corrected chi connectivity index (χ3v) is 3.58. The summed E-state index contributed by atoms with van der Waals surface area (Å²) in [6.45, 7) is 1.66. The molecular weight excluding hydrogens is 266 g/mol. The summed E-state index contributed by atoms with van der Waals surface area (Å²) in [6, 6.07) is 9.99. The van der Waals surface area contributed by atoms with Crippen LogP contribution < -0.4 is 4.72 Å². The van der Waals surface area contributed by atoms with E-state index >= 15 is 0 Å². The first-order valence-corrected chi connectivity index (χ1v) is 7.07. The summed E-state index contributed by atoms with van der Waals surface area (Å²) in [5, 5.41) is 12.5. The second-order valence-corrected chi connectivity index (χ2v) is 5.68. The minimum absolute atomic E-state index is 0.131. The Hall–Kier alpha value is -2.33. The van der Waals surface area contributed by atoms with Gasteiger partial charge >= 0.3 is 0 Å². The lowest BCUT2D eigenvalue weighted by Gasteiger charge is -2.06. The minimum Gasteiger partial charge on any atom is -0.360 e. The van der Waals surface area contributed by atoms with E-state index < -0.39 is 10.0 Å². The molecular formula is C12H11N3O3S. The molecule has 2 rings (SSSR count). The van der Waals surface area contributed by atoms with E-state index in [0.717, 1.165) is 0 Å². The van der Waals surface area contributed by atoms with Crippen LogP contribution in [0.2, 0.25) is 0 Å². The fourth-order valence-electron chi connectivity index (χ4n) is 1.57. The van der Waals surface area contributed by atoms with Gasteiger partial charge in [0.2, 0.25) is 10.0 Å². The molecule has 6 nitrogen and oxygen atoms in total. The number of rotatable bonds is 4. The number of nitrogens with zero attached hydrogens (tertiary/aromatic N) is 2. The first-order chi connectivity index (χ1) is 9.00. The Balaban J connectivity index is 2.20. The number of hydrogen-bond acceptors (Lipinski definition) is 5. The highest BCUT2D eigenvalue weighted by Gasteiger charge is 2.16. The van der Waals surface area contributed by atoms with Gasteiger partial charge < -0.3 is 4.52 Å². The van der Waals surface area contributed by atoms with Crippen LogP contribution in [0.1, 0.15) is 16.9 Å². The number of nitriles is 1. The highest BCUT2D eigenvalue weighted by molar-refractivity contribution is 7.91. The van der Waals surface area contributed by atoms with Gasteiger partial charge in [0.15, 0.2) is 5.82 Å². The van der Waals surface area contributed by atoms with Crippen LogP contribution in [0, 0.1) is 18.3 Å². The second-order valence-electron chi connectivity index (χ2n) is 3.95. The van der Waals surface area contributed by atoms with Gasteiger partial charge in [-0.05, 0) is 18.6 Å². The summed E-state index contributed by atoms with van der Waals surface area (Å²) in [5.41, 5.74) is 0.780. The molecule has 0 unspecified atom stereocenters. The van der Waals surface area contributed by atoms with Crippen molar-refractivity contribution in [3.05, 3.63) is 47.2 Å². The molecule has 0 spiro atoms. The molecule has 2 aromatic rings. The van der Waals surface area contributed by atoms with Gasteiger partial charge in [-0.25, -0.2) is 8.42 Å². The molecule has 0 atom stereocenters. The van der Waals surface area contributed by atoms with Gasteiger partial charge in [-0.15, -0.1) is 0 Å². The van der Waals surface area contributed by atoms with Crippen molar-refractivity contribution >= 4 is 15.8 Å². The average Bonchev–Trinajstić information content (AvgIpc) is 2.74. The lowest BCUT2D eigenvalue weighted by Crippen LogP contribution is -2.15. The zero-order chi connectivity index (χ0) is 13.9. The quantitative estimate of drug-likeness (QED) is 0.919. The Kier molecular flexibility index (Phi) is 3.53. The lowest BCUT2D eigenvalue weighted by atomic mass is 10.1. The van der Waals surface area contributed by atoms with E-state index in [2.05, 4.69) is 9.88 Å². The van der Waals surface area contributed by atoms with Gasteiger partial charge in [-0.1, -0.05) is 23.4 Å². The Morgan fingerprint density at radius 1 is 1.42 bits per heavy atom. The summed E-state index contributed by atoms with van der Waals surface area (Å²) in [6.07, 6.45) is 0. The van der Waals surface area contributed by atoms with Gasteiger partial charge in [-0.3, -0.25) is 4.72 Å². The van der Waals surface area contributed by atoms with Crippen molar-refractivity contribution < 1.29 is 12.9 Å². The van der Waals surface area contributed by atoms with E-state index in [0.29, 0.717) is 16.9 Å². The van der Waals surface area contributed by atoms with Crippen LogP contribution in [0.4, 0.5) is 5.82 Å². The lowest BCUT2D eigenvalue weighted by molar-refractivity contribution is 0.400. The largest absolute Gasteiger partial charge is 0.360 e. The second kappa shape index (κ2) is 5.12. The number of benzene rings is 1. The van der Waals surface area contributed by atoms with Crippen LogP contribution in [-0.4, -0.2) is 13.6 Å². The van der Waals surface area contributed by atoms with E-state index in [-0.39, 0.29) is 11.6 Å². The van der Waals surface area contributed by atoms with Crippen molar-refractivity contribution in [2.75, 3.05) is 4.72 Å². The molecule has 1 aromatic carbocycles. The summed E-state index contributed by atoms with van der Waals surface area (Å²) < 4.78 is 31.0. The first-order valence-electron chi connectivity index (χ1n) is 5.42. The van der Waals surface area contributed by atoms with Crippen LogP contribution in [0.25, 0.3) is 0 Å². The molecule has 0 fully saturated rings. The number of sulfonamides is 1. The number of anilines is 1. The monoisotopic (exact) mass is 277 g/mol. The molecule has 98 valence electrons. The molecule has 1 heterocycles. The van der Waals surface area contributed by atoms with Crippen molar-refractivity contribution in [1.29, 1.82) is 5.26 Å². The Morgan fingerprint density at radius 2 is 2.16 bits per heavy atom. The molecule has 0 aliphatic carbocycles. The molecule has 0 amide bonds. The van der Waals surface area contributed by atoms with Gasteiger partial charge in [-0.2, -0.15) is 5.26 Å². The van der Waals surface area contributed by atoms with Crippen LogP contribution in [-0.2, 0) is 15.8 Å². The Labute approximate surface area is 110 Å². The molecule has 7 heteroatoms. The molecule has 1 aromatic heterocycles. The summed E-state index contributed by atoms with van der Waals surface area (Å²) >= 11 is 0. The molecule has 0 aliphatic heterocycles. The first kappa shape index (κ1) is 13.1. The molecule has 0 aliphatic rings. The Morgan fingerprint density at radius 3 is 2.79 bits per heavy atom. The van der Waals surface area contributed by atoms with Gasteiger partial charge in [0.25, 0.3) is 0 Å². The summed E-state index contributed by atoms with van der Waals surface area (Å²) in [7, 11) is -3.63. The van der Waals surface area contributed by atoms with E-state index in [1.807, 2.05) is 6.07 Å². The van der Waals surface area contributed by atoms with Gasteiger partial charge in [0.05, 0.1) is 17.4 Å². The third-order valence-electron chi connectivity index (χ3n) is 2.37. The predicted octanol–water partition coefficient (Wildman–Crippen LogP) is 1.80. The number of hydrogen-bond donors (Lipinski definition) is 1. The van der Waals surface area contributed by atoms with E-state index in [1.165, 1.54) is 6.07 Å². The smallest absolute Gasteiger partial charge is 0.238 e. The fraction of sp³-hybridized carbons (Fsp3) is 0.167. The van der Waals surface area contributed by atoms with E-state index in [9.17, 15) is 8.42 Å². The topological polar surface area (TPSA) is 96.0 Å². The van der Waals surface area contributed by atoms with Gasteiger partial charge in [0, 0.05) is 6.07 Å². The maximum atomic E-state index is 11.9. The van der Waals surface area contributed by atoms with Crippen LogP contribution >= 0.6 is 0 Å². The number of nitrogens with one attached hydrogen (secondary N) is 1. The molecule has 19 heavy (non-hydrogen) atoms. The summed E-state index contributed by atoms with van der Waals surface area (Å²) in [5.74, 6) is 0.352. The van der Waals surface area contributed by atoms with E-state index in [4.69, 9.17) is 9.78 Å². The average molecular weight is 277 g/mol. The van der Waals surface area contributed by atoms with Crippen molar-refractivity contribution in [3.63, 3.8) is 0 Å². The van der Waals surface area contributed by atoms with Crippen molar-refractivity contribution in [2.45, 2.75) is 12.7 Å². The van der Waals surface area contributed by atoms with Crippen molar-refractivity contribution in [1.82, 2.24) is 5.16 Å². The highest BCUT2D eigenvalue weighted by Crippen LogP contribution is 2.15. The van der Waals surface area contributed by atoms with Gasteiger partial charge in [0.1, 0.15) is 5.76 Å². The molecule has 0 saturated heterocycles. The minimum atomic E-state index is -3.63. The maximum Gasteiger partial charge on any atom is 0.238 e. The van der Waals surface area contributed by atoms with Crippen molar-refractivity contribution in [3.8, 4) is 6.07 Å². The fourth-order valence-corrected chi connectivity index (χ4v) is 2.72. The standard InChI is InChI=1S/C12H11N3O3S/c1-9-6-12(14-18-9)15-19(16,17)8-11-5-3-2-4-10(11)7-13/h2-6H,8H2,1H3,(H,14,15). The zero-order valence-corrected chi connectivity index (χ0v) is 10.9. The van der Waals surface area contributed by atoms with Crippen molar-refractivity contribution in [2.24, 2.45) is 0 Å². The zero-order valence-electron chi connectivity index (χ0n) is 10.1. The predicted molar refractivity (Wildman–Crippen MR) is 68.6 cm³/mol. The highest BCUT2D eigenvalue weighted by atomic mass is 32.2. The normalized spacial score (nSPS) is 10.9. The van der Waals surface area contributed by atoms with Crippen LogP contribution in [0.15, 0.2) is 34.9 Å². The van der Waals surface area contributed by atoms with Crippen LogP contribution in [0.5, 0.6) is 0 Å². The van der Waals surface area contributed by atoms with Crippen LogP contribution in [0.3, 0.4) is 0 Å². The Bertz CT molecular complexity index is 729.